The summed E-state index contributed by atoms with van der Waals surface area (Å²) < 4.78 is 13.7. The molecule has 1 N–H and O–H groups in total. The molecule has 2 fully saturated rings. The molecule has 1 heterocycles. The van der Waals surface area contributed by atoms with Crippen LogP contribution in [0.4, 0.5) is 4.39 Å². The molecule has 3 rings (SSSR count). The molecule has 2 aliphatic rings. The largest absolute Gasteiger partial charge is 0.311 e. The van der Waals surface area contributed by atoms with Crippen LogP contribution in [0.3, 0.4) is 0 Å². The number of hydrogen-bond donors (Lipinski definition) is 1. The zero-order valence-corrected chi connectivity index (χ0v) is 11.8. The van der Waals surface area contributed by atoms with Crippen LogP contribution in [0.1, 0.15) is 36.9 Å². The quantitative estimate of drug-likeness (QED) is 0.901. The molecule has 19 heavy (non-hydrogen) atoms. The topological polar surface area (TPSA) is 15.3 Å². The van der Waals surface area contributed by atoms with Crippen molar-refractivity contribution in [3.8, 4) is 0 Å². The molecule has 2 atom stereocenters. The van der Waals surface area contributed by atoms with E-state index in [2.05, 4.69) is 23.2 Å². The summed E-state index contributed by atoms with van der Waals surface area (Å²) in [7, 11) is 0. The number of piperazine rings is 1. The van der Waals surface area contributed by atoms with Gasteiger partial charge in [-0.2, -0.15) is 0 Å². The summed E-state index contributed by atoms with van der Waals surface area (Å²) in [4.78, 5) is 2.49. The van der Waals surface area contributed by atoms with E-state index in [9.17, 15) is 4.39 Å². The lowest BCUT2D eigenvalue weighted by Gasteiger charge is -2.38. The molecule has 0 bridgehead atoms. The first-order valence-electron chi connectivity index (χ1n) is 7.38. The van der Waals surface area contributed by atoms with Gasteiger partial charge in [-0.3, -0.25) is 4.90 Å². The van der Waals surface area contributed by atoms with Gasteiger partial charge in [0.25, 0.3) is 0 Å². The van der Waals surface area contributed by atoms with Gasteiger partial charge in [0.1, 0.15) is 5.82 Å². The number of nitrogens with zero attached hydrogens (tertiary/aromatic N) is 1. The summed E-state index contributed by atoms with van der Waals surface area (Å²) in [6.45, 7) is 7.22. The smallest absolute Gasteiger partial charge is 0.126 e. The van der Waals surface area contributed by atoms with E-state index in [-0.39, 0.29) is 5.82 Å². The maximum Gasteiger partial charge on any atom is 0.126 e. The van der Waals surface area contributed by atoms with E-state index in [1.54, 1.807) is 6.07 Å². The van der Waals surface area contributed by atoms with Crippen LogP contribution in [0.15, 0.2) is 18.2 Å². The molecule has 0 radical (unpaired) electrons. The van der Waals surface area contributed by atoms with Crippen molar-refractivity contribution in [1.29, 1.82) is 0 Å². The average molecular weight is 262 g/mol. The summed E-state index contributed by atoms with van der Waals surface area (Å²) in [5.74, 6) is 0.794. The number of benzene rings is 1. The Labute approximate surface area is 115 Å². The summed E-state index contributed by atoms with van der Waals surface area (Å²) in [6.07, 6.45) is 2.75. The van der Waals surface area contributed by atoms with Crippen molar-refractivity contribution in [2.24, 2.45) is 5.92 Å². The predicted octanol–water partition coefficient (Wildman–Crippen LogP) is 2.88. The van der Waals surface area contributed by atoms with Gasteiger partial charge >= 0.3 is 0 Å². The van der Waals surface area contributed by atoms with Gasteiger partial charge in [-0.25, -0.2) is 4.39 Å². The highest BCUT2D eigenvalue weighted by Gasteiger charge is 2.35. The molecule has 1 aliphatic heterocycles. The molecule has 104 valence electrons. The van der Waals surface area contributed by atoms with E-state index in [1.165, 1.54) is 12.8 Å². The van der Waals surface area contributed by atoms with Crippen LogP contribution >= 0.6 is 0 Å². The Morgan fingerprint density at radius 3 is 2.84 bits per heavy atom. The minimum atomic E-state index is -0.0850. The van der Waals surface area contributed by atoms with Crippen LogP contribution in [0.2, 0.25) is 0 Å². The van der Waals surface area contributed by atoms with Crippen molar-refractivity contribution in [3.05, 3.63) is 35.1 Å². The number of hydrogen-bond acceptors (Lipinski definition) is 2. The van der Waals surface area contributed by atoms with Gasteiger partial charge in [-0.1, -0.05) is 12.1 Å². The summed E-state index contributed by atoms with van der Waals surface area (Å²) in [5, 5.41) is 3.62. The fourth-order valence-electron chi connectivity index (χ4n) is 3.05. The minimum Gasteiger partial charge on any atom is -0.311 e. The summed E-state index contributed by atoms with van der Waals surface area (Å²) >= 11 is 0. The van der Waals surface area contributed by atoms with Gasteiger partial charge in [-0.15, -0.1) is 0 Å². The number of aryl methyl sites for hydroxylation is 1. The second-order valence-corrected chi connectivity index (χ2v) is 6.08. The predicted molar refractivity (Wildman–Crippen MR) is 75.6 cm³/mol. The van der Waals surface area contributed by atoms with E-state index in [0.717, 1.165) is 36.7 Å². The molecule has 2 nitrogen and oxygen atoms in total. The third-order valence-corrected chi connectivity index (χ3v) is 4.65. The van der Waals surface area contributed by atoms with Crippen LogP contribution in [0, 0.1) is 18.7 Å². The fourth-order valence-corrected chi connectivity index (χ4v) is 3.05. The van der Waals surface area contributed by atoms with Crippen molar-refractivity contribution in [1.82, 2.24) is 10.2 Å². The van der Waals surface area contributed by atoms with Crippen LogP contribution in [-0.2, 0) is 0 Å². The van der Waals surface area contributed by atoms with Gasteiger partial charge < -0.3 is 5.32 Å². The van der Waals surface area contributed by atoms with Crippen LogP contribution < -0.4 is 5.32 Å². The number of rotatable bonds is 3. The van der Waals surface area contributed by atoms with E-state index in [0.29, 0.717) is 12.1 Å². The van der Waals surface area contributed by atoms with Gasteiger partial charge in [0.2, 0.25) is 0 Å². The molecule has 1 saturated heterocycles. The third kappa shape index (κ3) is 2.82. The monoisotopic (exact) mass is 262 g/mol. The SMILES string of the molecule is Cc1ccc(C(C)N2CCNC(C3CC3)C2)cc1F. The third-order valence-electron chi connectivity index (χ3n) is 4.65. The van der Waals surface area contributed by atoms with E-state index in [4.69, 9.17) is 0 Å². The van der Waals surface area contributed by atoms with Gasteiger partial charge in [0.15, 0.2) is 0 Å². The van der Waals surface area contributed by atoms with Crippen molar-refractivity contribution in [3.63, 3.8) is 0 Å². The highest BCUT2D eigenvalue weighted by molar-refractivity contribution is 5.25. The Hall–Kier alpha value is -0.930. The second-order valence-electron chi connectivity index (χ2n) is 6.08. The van der Waals surface area contributed by atoms with Crippen LogP contribution in [0.25, 0.3) is 0 Å². The average Bonchev–Trinajstić information content (AvgIpc) is 3.26. The molecule has 1 aromatic rings. The van der Waals surface area contributed by atoms with E-state index in [1.807, 2.05) is 13.0 Å². The Morgan fingerprint density at radius 2 is 2.16 bits per heavy atom. The molecule has 1 aliphatic carbocycles. The standard InChI is InChI=1S/C16H23FN2/c1-11-3-4-14(9-15(11)17)12(2)19-8-7-18-16(10-19)13-5-6-13/h3-4,9,12-13,16,18H,5-8,10H2,1-2H3. The first-order chi connectivity index (χ1) is 9.15. The van der Waals surface area contributed by atoms with Crippen LogP contribution in [0.5, 0.6) is 0 Å². The molecule has 3 heteroatoms. The molecule has 1 saturated carbocycles. The van der Waals surface area contributed by atoms with Crippen molar-refractivity contribution in [2.45, 2.75) is 38.8 Å². The molecule has 0 amide bonds. The Morgan fingerprint density at radius 1 is 1.37 bits per heavy atom. The van der Waals surface area contributed by atoms with Crippen molar-refractivity contribution >= 4 is 0 Å². The highest BCUT2D eigenvalue weighted by atomic mass is 19.1. The first-order valence-corrected chi connectivity index (χ1v) is 7.38. The number of nitrogens with one attached hydrogen (secondary N) is 1. The lowest BCUT2D eigenvalue weighted by atomic mass is 10.0. The Kier molecular flexibility index (Phi) is 3.59. The molecule has 2 unspecified atom stereocenters. The van der Waals surface area contributed by atoms with E-state index < -0.39 is 0 Å². The minimum absolute atomic E-state index is 0.0850. The first kappa shape index (κ1) is 13.1. The summed E-state index contributed by atoms with van der Waals surface area (Å²) in [5.41, 5.74) is 1.83. The van der Waals surface area contributed by atoms with Gasteiger partial charge in [0.05, 0.1) is 0 Å². The molecule has 0 spiro atoms. The number of halogens is 1. The van der Waals surface area contributed by atoms with Crippen molar-refractivity contribution in [2.75, 3.05) is 19.6 Å². The highest BCUT2D eigenvalue weighted by Crippen LogP contribution is 2.35. The fraction of sp³-hybridized carbons (Fsp3) is 0.625. The molecular weight excluding hydrogens is 239 g/mol. The lowest BCUT2D eigenvalue weighted by molar-refractivity contribution is 0.144. The normalized spacial score (nSPS) is 26.4. The molecule has 0 aromatic heterocycles. The second kappa shape index (κ2) is 5.22. The zero-order chi connectivity index (χ0) is 13.4. The van der Waals surface area contributed by atoms with Gasteiger partial charge in [-0.05, 0) is 49.8 Å². The zero-order valence-electron chi connectivity index (χ0n) is 11.8. The van der Waals surface area contributed by atoms with Gasteiger partial charge in [0, 0.05) is 31.7 Å². The Balaban J connectivity index is 1.71. The van der Waals surface area contributed by atoms with E-state index >= 15 is 0 Å². The maximum atomic E-state index is 13.7. The van der Waals surface area contributed by atoms with Crippen molar-refractivity contribution < 1.29 is 4.39 Å². The summed E-state index contributed by atoms with van der Waals surface area (Å²) in [6, 6.07) is 6.61. The van der Waals surface area contributed by atoms with Crippen LogP contribution in [-0.4, -0.2) is 30.6 Å². The lowest BCUT2D eigenvalue weighted by Crippen LogP contribution is -2.52. The molecule has 1 aromatic carbocycles. The maximum absolute atomic E-state index is 13.7. The Bertz CT molecular complexity index is 456. The molecular formula is C16H23FN2.